The normalized spacial score (nSPS) is 19.7. The second-order valence-corrected chi connectivity index (χ2v) is 5.94. The molecule has 0 saturated carbocycles. The lowest BCUT2D eigenvalue weighted by atomic mass is 10.0. The molecule has 0 radical (unpaired) electrons. The van der Waals surface area contributed by atoms with Crippen LogP contribution >= 0.6 is 22.9 Å². The number of amides is 2. The third-order valence-electron chi connectivity index (χ3n) is 3.10. The molecule has 1 aromatic rings. The number of halogens is 1. The number of piperidine rings is 1. The van der Waals surface area contributed by atoms with Gasteiger partial charge in [0, 0.05) is 13.6 Å². The Labute approximate surface area is 115 Å². The van der Waals surface area contributed by atoms with Crippen LogP contribution in [-0.4, -0.2) is 36.3 Å². The Kier molecular flexibility index (Phi) is 4.24. The average molecular weight is 287 g/mol. The predicted octanol–water partition coefficient (Wildman–Crippen LogP) is 2.14. The lowest BCUT2D eigenvalue weighted by Gasteiger charge is -2.34. The number of nitrogens with zero attached hydrogens (tertiary/aromatic N) is 1. The zero-order chi connectivity index (χ0) is 13.1. The van der Waals surface area contributed by atoms with Gasteiger partial charge in [-0.1, -0.05) is 11.6 Å². The summed E-state index contributed by atoms with van der Waals surface area (Å²) in [7, 11) is 1.60. The van der Waals surface area contributed by atoms with Gasteiger partial charge < -0.3 is 10.2 Å². The second kappa shape index (κ2) is 5.71. The highest BCUT2D eigenvalue weighted by atomic mass is 35.5. The van der Waals surface area contributed by atoms with Crippen LogP contribution in [-0.2, 0) is 4.79 Å². The van der Waals surface area contributed by atoms with Gasteiger partial charge in [0.15, 0.2) is 0 Å². The molecule has 0 bridgehead atoms. The minimum Gasteiger partial charge on any atom is -0.357 e. The molecule has 4 nitrogen and oxygen atoms in total. The summed E-state index contributed by atoms with van der Waals surface area (Å²) in [5, 5.41) is 2.62. The second-order valence-electron chi connectivity index (χ2n) is 4.23. The lowest BCUT2D eigenvalue weighted by molar-refractivity contribution is -0.126. The number of hydrogen-bond donors (Lipinski definition) is 1. The fourth-order valence-electron chi connectivity index (χ4n) is 2.18. The van der Waals surface area contributed by atoms with Crippen molar-refractivity contribution in [1.29, 1.82) is 0 Å². The first-order chi connectivity index (χ1) is 8.63. The minimum atomic E-state index is -0.350. The minimum absolute atomic E-state index is 0.0919. The van der Waals surface area contributed by atoms with E-state index >= 15 is 0 Å². The van der Waals surface area contributed by atoms with Crippen LogP contribution in [0.5, 0.6) is 0 Å². The largest absolute Gasteiger partial charge is 0.357 e. The van der Waals surface area contributed by atoms with Gasteiger partial charge in [-0.2, -0.15) is 0 Å². The van der Waals surface area contributed by atoms with E-state index in [1.165, 1.54) is 11.3 Å². The Morgan fingerprint density at radius 3 is 2.83 bits per heavy atom. The molecule has 98 valence electrons. The van der Waals surface area contributed by atoms with Crippen LogP contribution in [0.4, 0.5) is 0 Å². The van der Waals surface area contributed by atoms with E-state index in [0.29, 0.717) is 15.8 Å². The van der Waals surface area contributed by atoms with Crippen LogP contribution in [0.3, 0.4) is 0 Å². The molecule has 0 aliphatic carbocycles. The Morgan fingerprint density at radius 1 is 1.44 bits per heavy atom. The van der Waals surface area contributed by atoms with Gasteiger partial charge in [0.1, 0.15) is 6.04 Å². The molecular weight excluding hydrogens is 272 g/mol. The van der Waals surface area contributed by atoms with Crippen molar-refractivity contribution in [3.05, 3.63) is 21.3 Å². The van der Waals surface area contributed by atoms with E-state index in [9.17, 15) is 9.59 Å². The summed E-state index contributed by atoms with van der Waals surface area (Å²) < 4.78 is 0.590. The number of hydrogen-bond acceptors (Lipinski definition) is 3. The number of rotatable bonds is 2. The Morgan fingerprint density at radius 2 is 2.22 bits per heavy atom. The van der Waals surface area contributed by atoms with Crippen molar-refractivity contribution in [3.63, 3.8) is 0 Å². The van der Waals surface area contributed by atoms with Crippen LogP contribution in [0, 0.1) is 0 Å². The number of carbonyl (C=O) groups excluding carboxylic acids is 2. The molecule has 1 N–H and O–H groups in total. The van der Waals surface area contributed by atoms with Gasteiger partial charge in [-0.25, -0.2) is 0 Å². The van der Waals surface area contributed by atoms with E-state index in [2.05, 4.69) is 5.32 Å². The standard InChI is InChI=1S/C12H15ClN2O2S/c1-14-11(16)8-4-2-3-7-15(8)12(17)9-5-6-10(13)18-9/h5-6,8H,2-4,7H2,1H3,(H,14,16)/t8-/m0/s1. The molecular formula is C12H15ClN2O2S. The summed E-state index contributed by atoms with van der Waals surface area (Å²) in [4.78, 5) is 26.4. The molecule has 0 aromatic carbocycles. The molecule has 1 aromatic heterocycles. The first kappa shape index (κ1) is 13.4. The zero-order valence-electron chi connectivity index (χ0n) is 10.1. The number of likely N-dealkylation sites (tertiary alicyclic amines) is 1. The number of thiophene rings is 1. The molecule has 0 spiro atoms. The molecule has 1 saturated heterocycles. The summed E-state index contributed by atoms with van der Waals surface area (Å²) in [5.41, 5.74) is 0. The first-order valence-electron chi connectivity index (χ1n) is 5.91. The monoisotopic (exact) mass is 286 g/mol. The van der Waals surface area contributed by atoms with Crippen LogP contribution in [0.15, 0.2) is 12.1 Å². The van der Waals surface area contributed by atoms with Gasteiger partial charge in [0.25, 0.3) is 5.91 Å². The average Bonchev–Trinajstić information content (AvgIpc) is 2.83. The quantitative estimate of drug-likeness (QED) is 0.905. The van der Waals surface area contributed by atoms with Crippen LogP contribution < -0.4 is 5.32 Å². The Hall–Kier alpha value is -1.07. The number of likely N-dealkylation sites (N-methyl/N-ethyl adjacent to an activating group) is 1. The molecule has 0 unspecified atom stereocenters. The van der Waals surface area contributed by atoms with Crippen molar-refractivity contribution >= 4 is 34.8 Å². The maximum Gasteiger partial charge on any atom is 0.264 e. The van der Waals surface area contributed by atoms with E-state index in [1.54, 1.807) is 24.1 Å². The molecule has 1 aliphatic heterocycles. The van der Waals surface area contributed by atoms with E-state index in [1.807, 2.05) is 0 Å². The third kappa shape index (κ3) is 2.67. The summed E-state index contributed by atoms with van der Waals surface area (Å²) in [6, 6.07) is 3.07. The van der Waals surface area contributed by atoms with Crippen LogP contribution in [0.25, 0.3) is 0 Å². The SMILES string of the molecule is CNC(=O)[C@@H]1CCCCN1C(=O)c1ccc(Cl)s1. The maximum atomic E-state index is 12.3. The fraction of sp³-hybridized carbons (Fsp3) is 0.500. The summed E-state index contributed by atoms with van der Waals surface area (Å²) in [5.74, 6) is -0.189. The number of nitrogens with one attached hydrogen (secondary N) is 1. The van der Waals surface area contributed by atoms with Crippen molar-refractivity contribution in [1.82, 2.24) is 10.2 Å². The van der Waals surface area contributed by atoms with E-state index in [-0.39, 0.29) is 17.9 Å². The van der Waals surface area contributed by atoms with Gasteiger partial charge in [0.05, 0.1) is 9.21 Å². The van der Waals surface area contributed by atoms with Gasteiger partial charge in [-0.3, -0.25) is 9.59 Å². The molecule has 2 rings (SSSR count). The molecule has 6 heteroatoms. The van der Waals surface area contributed by atoms with Crippen molar-refractivity contribution < 1.29 is 9.59 Å². The Balaban J connectivity index is 2.18. The van der Waals surface area contributed by atoms with Crippen molar-refractivity contribution in [3.8, 4) is 0 Å². The van der Waals surface area contributed by atoms with Gasteiger partial charge in [-0.05, 0) is 31.4 Å². The Bertz CT molecular complexity index is 461. The topological polar surface area (TPSA) is 49.4 Å². The highest BCUT2D eigenvalue weighted by Crippen LogP contribution is 2.26. The summed E-state index contributed by atoms with van der Waals surface area (Å²) >= 11 is 7.09. The lowest BCUT2D eigenvalue weighted by Crippen LogP contribution is -2.51. The molecule has 1 atom stereocenters. The predicted molar refractivity (Wildman–Crippen MR) is 72.1 cm³/mol. The van der Waals surface area contributed by atoms with Gasteiger partial charge >= 0.3 is 0 Å². The molecule has 2 amide bonds. The zero-order valence-corrected chi connectivity index (χ0v) is 11.7. The first-order valence-corrected chi connectivity index (χ1v) is 7.11. The molecule has 2 heterocycles. The summed E-state index contributed by atoms with van der Waals surface area (Å²) in [6.45, 7) is 0.631. The van der Waals surface area contributed by atoms with Crippen molar-refractivity contribution in [2.45, 2.75) is 25.3 Å². The highest BCUT2D eigenvalue weighted by molar-refractivity contribution is 7.17. The molecule has 18 heavy (non-hydrogen) atoms. The third-order valence-corrected chi connectivity index (χ3v) is 4.32. The van der Waals surface area contributed by atoms with E-state index < -0.39 is 0 Å². The van der Waals surface area contributed by atoms with Crippen LogP contribution in [0.1, 0.15) is 28.9 Å². The smallest absolute Gasteiger partial charge is 0.264 e. The van der Waals surface area contributed by atoms with Crippen LogP contribution in [0.2, 0.25) is 4.34 Å². The van der Waals surface area contributed by atoms with Crippen molar-refractivity contribution in [2.24, 2.45) is 0 Å². The molecule has 1 fully saturated rings. The van der Waals surface area contributed by atoms with E-state index in [4.69, 9.17) is 11.6 Å². The maximum absolute atomic E-state index is 12.3. The summed E-state index contributed by atoms with van der Waals surface area (Å²) in [6.07, 6.45) is 2.65. The molecule has 1 aliphatic rings. The van der Waals surface area contributed by atoms with Crippen molar-refractivity contribution in [2.75, 3.05) is 13.6 Å². The van der Waals surface area contributed by atoms with Gasteiger partial charge in [0.2, 0.25) is 5.91 Å². The number of carbonyl (C=O) groups is 2. The van der Waals surface area contributed by atoms with E-state index in [0.717, 1.165) is 19.3 Å². The van der Waals surface area contributed by atoms with Gasteiger partial charge in [-0.15, -0.1) is 11.3 Å². The highest BCUT2D eigenvalue weighted by Gasteiger charge is 2.32. The fourth-order valence-corrected chi connectivity index (χ4v) is 3.18.